The smallest absolute Gasteiger partial charge is 0.319 e. The molecule has 0 aliphatic heterocycles. The predicted molar refractivity (Wildman–Crippen MR) is 93.1 cm³/mol. The van der Waals surface area contributed by atoms with E-state index in [1.54, 1.807) is 54.6 Å². The Bertz CT molecular complexity index is 731. The van der Waals surface area contributed by atoms with Gasteiger partial charge in [-0.15, -0.1) is 6.58 Å². The van der Waals surface area contributed by atoms with E-state index < -0.39 is 0 Å². The molecule has 0 radical (unpaired) electrons. The van der Waals surface area contributed by atoms with Crippen molar-refractivity contribution >= 4 is 34.9 Å². The molecule has 3 N–H and O–H groups in total. The SMILES string of the molecule is C=CCNC(=O)Nc1ccccc1NC(=O)c1ccccc1Cl. The van der Waals surface area contributed by atoms with Crippen molar-refractivity contribution in [3.8, 4) is 0 Å². The highest BCUT2D eigenvalue weighted by Crippen LogP contribution is 2.23. The van der Waals surface area contributed by atoms with Crippen molar-refractivity contribution in [3.63, 3.8) is 0 Å². The van der Waals surface area contributed by atoms with Gasteiger partial charge >= 0.3 is 6.03 Å². The molecule has 0 bridgehead atoms. The lowest BCUT2D eigenvalue weighted by Crippen LogP contribution is -2.29. The number of para-hydroxylation sites is 2. The third-order valence-corrected chi connectivity index (χ3v) is 3.28. The summed E-state index contributed by atoms with van der Waals surface area (Å²) in [6.07, 6.45) is 1.57. The number of carbonyl (C=O) groups excluding carboxylic acids is 2. The van der Waals surface area contributed by atoms with Crippen LogP contribution in [0.2, 0.25) is 5.02 Å². The highest BCUT2D eigenvalue weighted by atomic mass is 35.5. The predicted octanol–water partition coefficient (Wildman–Crippen LogP) is 3.90. The Labute approximate surface area is 139 Å². The largest absolute Gasteiger partial charge is 0.334 e. The number of urea groups is 1. The molecule has 0 atom stereocenters. The zero-order valence-electron chi connectivity index (χ0n) is 12.3. The average molecular weight is 330 g/mol. The molecular weight excluding hydrogens is 314 g/mol. The van der Waals surface area contributed by atoms with Gasteiger partial charge < -0.3 is 16.0 Å². The average Bonchev–Trinajstić information content (AvgIpc) is 2.55. The summed E-state index contributed by atoms with van der Waals surface area (Å²) in [4.78, 5) is 24.0. The van der Waals surface area contributed by atoms with Crippen molar-refractivity contribution in [2.45, 2.75) is 0 Å². The molecule has 23 heavy (non-hydrogen) atoms. The summed E-state index contributed by atoms with van der Waals surface area (Å²) < 4.78 is 0. The number of nitrogens with one attached hydrogen (secondary N) is 3. The van der Waals surface area contributed by atoms with Crippen molar-refractivity contribution in [1.82, 2.24) is 5.32 Å². The molecule has 0 saturated heterocycles. The Morgan fingerprint density at radius 3 is 2.26 bits per heavy atom. The minimum Gasteiger partial charge on any atom is -0.334 e. The minimum absolute atomic E-state index is 0.347. The zero-order chi connectivity index (χ0) is 16.7. The summed E-state index contributed by atoms with van der Waals surface area (Å²) in [5.74, 6) is -0.351. The van der Waals surface area contributed by atoms with Gasteiger partial charge in [-0.25, -0.2) is 4.79 Å². The van der Waals surface area contributed by atoms with Gasteiger partial charge in [0.1, 0.15) is 0 Å². The first-order valence-electron chi connectivity index (χ1n) is 6.92. The lowest BCUT2D eigenvalue weighted by molar-refractivity contribution is 0.102. The summed E-state index contributed by atoms with van der Waals surface area (Å²) in [6, 6.07) is 13.3. The topological polar surface area (TPSA) is 70.2 Å². The van der Waals surface area contributed by atoms with Gasteiger partial charge in [-0.1, -0.05) is 41.9 Å². The number of benzene rings is 2. The number of hydrogen-bond donors (Lipinski definition) is 3. The first-order chi connectivity index (χ1) is 11.1. The molecule has 5 nitrogen and oxygen atoms in total. The van der Waals surface area contributed by atoms with Crippen molar-refractivity contribution in [2.24, 2.45) is 0 Å². The second kappa shape index (κ2) is 8.00. The van der Waals surface area contributed by atoms with E-state index >= 15 is 0 Å². The number of halogens is 1. The fraction of sp³-hybridized carbons (Fsp3) is 0.0588. The van der Waals surface area contributed by atoms with Gasteiger partial charge in [0.2, 0.25) is 0 Å². The first kappa shape index (κ1) is 16.6. The van der Waals surface area contributed by atoms with Crippen molar-refractivity contribution in [3.05, 3.63) is 71.8 Å². The molecule has 118 valence electrons. The normalized spacial score (nSPS) is 9.78. The van der Waals surface area contributed by atoms with Crippen LogP contribution >= 0.6 is 11.6 Å². The summed E-state index contributed by atoms with van der Waals surface area (Å²) in [5, 5.41) is 8.37. The van der Waals surface area contributed by atoms with Gasteiger partial charge in [0.15, 0.2) is 0 Å². The zero-order valence-corrected chi connectivity index (χ0v) is 13.1. The molecule has 0 aromatic heterocycles. The monoisotopic (exact) mass is 329 g/mol. The van der Waals surface area contributed by atoms with Crippen LogP contribution in [0, 0.1) is 0 Å². The van der Waals surface area contributed by atoms with Crippen LogP contribution in [0.4, 0.5) is 16.2 Å². The molecule has 0 aliphatic rings. The van der Waals surface area contributed by atoms with Gasteiger partial charge in [-0.3, -0.25) is 4.79 Å². The lowest BCUT2D eigenvalue weighted by atomic mass is 10.2. The molecule has 2 rings (SSSR count). The third kappa shape index (κ3) is 4.59. The summed E-state index contributed by atoms with van der Waals surface area (Å²) in [6.45, 7) is 3.87. The van der Waals surface area contributed by atoms with Gasteiger partial charge in [-0.05, 0) is 24.3 Å². The molecule has 6 heteroatoms. The van der Waals surface area contributed by atoms with E-state index in [0.717, 1.165) is 0 Å². The molecule has 2 aromatic carbocycles. The molecule has 0 spiro atoms. The molecule has 0 aliphatic carbocycles. The lowest BCUT2D eigenvalue weighted by Gasteiger charge is -2.13. The number of anilines is 2. The van der Waals surface area contributed by atoms with E-state index in [0.29, 0.717) is 28.5 Å². The minimum atomic E-state index is -0.385. The van der Waals surface area contributed by atoms with E-state index in [1.807, 2.05) is 0 Å². The second-order valence-corrected chi connectivity index (χ2v) is 5.01. The highest BCUT2D eigenvalue weighted by molar-refractivity contribution is 6.34. The quantitative estimate of drug-likeness (QED) is 0.728. The molecule has 0 heterocycles. The van der Waals surface area contributed by atoms with Crippen molar-refractivity contribution < 1.29 is 9.59 Å². The molecule has 0 fully saturated rings. The Hall–Kier alpha value is -2.79. The van der Waals surface area contributed by atoms with Gasteiger partial charge in [0.05, 0.1) is 22.0 Å². The first-order valence-corrected chi connectivity index (χ1v) is 7.30. The van der Waals surface area contributed by atoms with Crippen LogP contribution in [0.15, 0.2) is 61.2 Å². The van der Waals surface area contributed by atoms with Crippen LogP contribution in [0.3, 0.4) is 0 Å². The van der Waals surface area contributed by atoms with Crippen LogP contribution < -0.4 is 16.0 Å². The van der Waals surface area contributed by atoms with E-state index in [2.05, 4.69) is 22.5 Å². The molecule has 0 unspecified atom stereocenters. The fourth-order valence-corrected chi connectivity index (χ4v) is 2.09. The molecule has 3 amide bonds. The Kier molecular flexibility index (Phi) is 5.77. The van der Waals surface area contributed by atoms with Crippen LogP contribution in [-0.4, -0.2) is 18.5 Å². The van der Waals surface area contributed by atoms with E-state index in [1.165, 1.54) is 0 Å². The second-order valence-electron chi connectivity index (χ2n) is 4.60. The van der Waals surface area contributed by atoms with Gasteiger partial charge in [-0.2, -0.15) is 0 Å². The van der Waals surface area contributed by atoms with E-state index in [-0.39, 0.29) is 11.9 Å². The van der Waals surface area contributed by atoms with Crippen LogP contribution in [0.25, 0.3) is 0 Å². The van der Waals surface area contributed by atoms with Gasteiger partial charge in [0, 0.05) is 6.54 Å². The molecular formula is C17H16ClN3O2. The van der Waals surface area contributed by atoms with E-state index in [4.69, 9.17) is 11.6 Å². The maximum absolute atomic E-state index is 12.3. The Morgan fingerprint density at radius 1 is 1.00 bits per heavy atom. The van der Waals surface area contributed by atoms with Crippen LogP contribution in [0.5, 0.6) is 0 Å². The van der Waals surface area contributed by atoms with Crippen LogP contribution in [0.1, 0.15) is 10.4 Å². The number of amides is 3. The van der Waals surface area contributed by atoms with E-state index in [9.17, 15) is 9.59 Å². The van der Waals surface area contributed by atoms with Crippen LogP contribution in [-0.2, 0) is 0 Å². The maximum atomic E-state index is 12.3. The number of carbonyl (C=O) groups is 2. The standard InChI is InChI=1S/C17H16ClN3O2/c1-2-11-19-17(23)21-15-10-6-5-9-14(15)20-16(22)12-7-3-4-8-13(12)18/h2-10H,1,11H2,(H,20,22)(H2,19,21,23). The van der Waals surface area contributed by atoms with Gasteiger partial charge in [0.25, 0.3) is 5.91 Å². The summed E-state index contributed by atoms with van der Waals surface area (Å²) in [5.41, 5.74) is 1.32. The third-order valence-electron chi connectivity index (χ3n) is 2.95. The Morgan fingerprint density at radius 2 is 1.61 bits per heavy atom. The molecule has 2 aromatic rings. The maximum Gasteiger partial charge on any atom is 0.319 e. The van der Waals surface area contributed by atoms with Crippen molar-refractivity contribution in [1.29, 1.82) is 0 Å². The van der Waals surface area contributed by atoms with Crippen molar-refractivity contribution in [2.75, 3.05) is 17.2 Å². The number of rotatable bonds is 5. The number of hydrogen-bond acceptors (Lipinski definition) is 2. The summed E-state index contributed by atoms with van der Waals surface area (Å²) >= 11 is 6.02. The Balaban J connectivity index is 2.14. The molecule has 0 saturated carbocycles. The highest BCUT2D eigenvalue weighted by Gasteiger charge is 2.12. The fourth-order valence-electron chi connectivity index (χ4n) is 1.87. The summed E-state index contributed by atoms with van der Waals surface area (Å²) in [7, 11) is 0.